The van der Waals surface area contributed by atoms with E-state index in [1.54, 1.807) is 19.2 Å². The van der Waals surface area contributed by atoms with Crippen LogP contribution in [0.25, 0.3) is 10.9 Å². The van der Waals surface area contributed by atoms with E-state index in [-0.39, 0.29) is 12.2 Å². The molecule has 1 aromatic heterocycles. The third-order valence-corrected chi connectivity index (χ3v) is 2.35. The standard InChI is InChI=1S/C12H10FNO3/c1-2-17-12(16)11(15)8-6-10-7(3-4-14-10)5-9(8)13/h3-6,14H,2H2,1H3. The summed E-state index contributed by atoms with van der Waals surface area (Å²) in [6, 6.07) is 4.19. The normalized spacial score (nSPS) is 10.5. The Morgan fingerprint density at radius 1 is 1.41 bits per heavy atom. The van der Waals surface area contributed by atoms with Crippen LogP contribution >= 0.6 is 0 Å². The molecule has 1 N–H and O–H groups in total. The molecule has 0 saturated carbocycles. The van der Waals surface area contributed by atoms with Crippen molar-refractivity contribution in [1.29, 1.82) is 0 Å². The summed E-state index contributed by atoms with van der Waals surface area (Å²) in [5.74, 6) is -2.74. The van der Waals surface area contributed by atoms with Gasteiger partial charge in [-0.25, -0.2) is 9.18 Å². The smallest absolute Gasteiger partial charge is 0.379 e. The molecular formula is C12H10FNO3. The molecular weight excluding hydrogens is 225 g/mol. The number of halogens is 1. The number of ketones is 1. The van der Waals surface area contributed by atoms with E-state index in [0.717, 1.165) is 0 Å². The van der Waals surface area contributed by atoms with Crippen LogP contribution in [0.2, 0.25) is 0 Å². The highest BCUT2D eigenvalue weighted by molar-refractivity contribution is 6.41. The quantitative estimate of drug-likeness (QED) is 0.503. The van der Waals surface area contributed by atoms with Gasteiger partial charge < -0.3 is 9.72 Å². The van der Waals surface area contributed by atoms with E-state index in [9.17, 15) is 14.0 Å². The summed E-state index contributed by atoms with van der Waals surface area (Å²) in [6.07, 6.45) is 1.63. The van der Waals surface area contributed by atoms with Crippen molar-refractivity contribution in [3.63, 3.8) is 0 Å². The van der Waals surface area contributed by atoms with Gasteiger partial charge in [-0.05, 0) is 25.1 Å². The second-order valence-corrected chi connectivity index (χ2v) is 3.45. The van der Waals surface area contributed by atoms with Crippen molar-refractivity contribution < 1.29 is 18.7 Å². The third kappa shape index (κ3) is 2.04. The maximum Gasteiger partial charge on any atom is 0.379 e. The minimum atomic E-state index is -1.04. The van der Waals surface area contributed by atoms with Crippen LogP contribution in [-0.4, -0.2) is 23.3 Å². The highest BCUT2D eigenvalue weighted by Gasteiger charge is 2.21. The summed E-state index contributed by atoms with van der Waals surface area (Å²) in [5, 5.41) is 0.642. The molecule has 0 fully saturated rings. The van der Waals surface area contributed by atoms with Crippen molar-refractivity contribution in [1.82, 2.24) is 4.98 Å². The van der Waals surface area contributed by atoms with Gasteiger partial charge in [0.15, 0.2) is 0 Å². The molecule has 17 heavy (non-hydrogen) atoms. The second-order valence-electron chi connectivity index (χ2n) is 3.45. The van der Waals surface area contributed by atoms with Gasteiger partial charge in [-0.1, -0.05) is 0 Å². The largest absolute Gasteiger partial charge is 0.460 e. The summed E-state index contributed by atoms with van der Waals surface area (Å²) >= 11 is 0. The zero-order valence-electron chi connectivity index (χ0n) is 9.12. The minimum absolute atomic E-state index is 0.0803. The second kappa shape index (κ2) is 4.37. The van der Waals surface area contributed by atoms with E-state index < -0.39 is 17.6 Å². The molecule has 0 atom stereocenters. The fourth-order valence-corrected chi connectivity index (χ4v) is 1.55. The van der Waals surface area contributed by atoms with Crippen molar-refractivity contribution >= 4 is 22.7 Å². The molecule has 0 aliphatic heterocycles. The van der Waals surface area contributed by atoms with Gasteiger partial charge in [-0.2, -0.15) is 0 Å². The van der Waals surface area contributed by atoms with Crippen LogP contribution in [0.4, 0.5) is 4.39 Å². The number of fused-ring (bicyclic) bond motifs is 1. The summed E-state index contributed by atoms with van der Waals surface area (Å²) in [5.41, 5.74) is 0.317. The number of H-pyrrole nitrogens is 1. The van der Waals surface area contributed by atoms with Crippen LogP contribution in [0.1, 0.15) is 17.3 Å². The van der Waals surface area contributed by atoms with E-state index in [4.69, 9.17) is 0 Å². The Kier molecular flexibility index (Phi) is 2.91. The number of rotatable bonds is 3. The number of ether oxygens (including phenoxy) is 1. The zero-order chi connectivity index (χ0) is 12.4. The van der Waals surface area contributed by atoms with Crippen molar-refractivity contribution in [2.24, 2.45) is 0 Å². The first kappa shape index (κ1) is 11.3. The van der Waals surface area contributed by atoms with Gasteiger partial charge in [-0.3, -0.25) is 4.79 Å². The SMILES string of the molecule is CCOC(=O)C(=O)c1cc2[nH]ccc2cc1F. The Labute approximate surface area is 96.4 Å². The van der Waals surface area contributed by atoms with Gasteiger partial charge in [0.1, 0.15) is 5.82 Å². The average molecular weight is 235 g/mol. The van der Waals surface area contributed by atoms with Crippen molar-refractivity contribution in [3.05, 3.63) is 35.8 Å². The Hall–Kier alpha value is -2.17. The maximum absolute atomic E-state index is 13.6. The molecule has 2 aromatic rings. The van der Waals surface area contributed by atoms with Gasteiger partial charge in [0, 0.05) is 17.1 Å². The summed E-state index contributed by atoms with van der Waals surface area (Å²) in [4.78, 5) is 25.7. The Morgan fingerprint density at radius 3 is 2.88 bits per heavy atom. The molecule has 0 aliphatic carbocycles. The molecule has 1 heterocycles. The van der Waals surface area contributed by atoms with E-state index in [1.807, 2.05) is 0 Å². The first-order chi connectivity index (χ1) is 8.13. The molecule has 0 aliphatic rings. The Bertz CT molecular complexity index is 588. The lowest BCUT2D eigenvalue weighted by Gasteiger charge is -2.02. The lowest BCUT2D eigenvalue weighted by atomic mass is 10.1. The minimum Gasteiger partial charge on any atom is -0.460 e. The zero-order valence-corrected chi connectivity index (χ0v) is 9.12. The average Bonchev–Trinajstić information content (AvgIpc) is 2.74. The first-order valence-corrected chi connectivity index (χ1v) is 5.11. The summed E-state index contributed by atoms with van der Waals surface area (Å²) in [7, 11) is 0. The fraction of sp³-hybridized carbons (Fsp3) is 0.167. The molecule has 5 heteroatoms. The van der Waals surface area contributed by atoms with Gasteiger partial charge >= 0.3 is 5.97 Å². The molecule has 2 rings (SSSR count). The highest BCUT2D eigenvalue weighted by atomic mass is 19.1. The molecule has 0 bridgehead atoms. The van der Waals surface area contributed by atoms with Crippen LogP contribution in [-0.2, 0) is 9.53 Å². The van der Waals surface area contributed by atoms with Crippen LogP contribution in [0.3, 0.4) is 0 Å². The number of Topliss-reactive ketones (excluding diaryl/α,β-unsaturated/α-hetero) is 1. The Morgan fingerprint density at radius 2 is 2.18 bits per heavy atom. The number of hydrogen-bond donors (Lipinski definition) is 1. The number of aromatic nitrogens is 1. The number of carbonyl (C=O) groups is 2. The lowest BCUT2D eigenvalue weighted by molar-refractivity contribution is -0.137. The molecule has 0 unspecified atom stereocenters. The van der Waals surface area contributed by atoms with E-state index >= 15 is 0 Å². The van der Waals surface area contributed by atoms with Crippen LogP contribution in [0, 0.1) is 5.82 Å². The lowest BCUT2D eigenvalue weighted by Crippen LogP contribution is -2.18. The van der Waals surface area contributed by atoms with Crippen LogP contribution < -0.4 is 0 Å². The fourth-order valence-electron chi connectivity index (χ4n) is 1.55. The maximum atomic E-state index is 13.6. The number of carbonyl (C=O) groups excluding carboxylic acids is 2. The van der Waals surface area contributed by atoms with Crippen molar-refractivity contribution in [2.75, 3.05) is 6.61 Å². The third-order valence-electron chi connectivity index (χ3n) is 2.35. The van der Waals surface area contributed by atoms with Crippen molar-refractivity contribution in [2.45, 2.75) is 6.92 Å². The number of nitrogens with one attached hydrogen (secondary N) is 1. The molecule has 1 aromatic carbocycles. The van der Waals surface area contributed by atoms with Crippen LogP contribution in [0.5, 0.6) is 0 Å². The number of hydrogen-bond acceptors (Lipinski definition) is 3. The van der Waals surface area contributed by atoms with E-state index in [2.05, 4.69) is 9.72 Å². The van der Waals surface area contributed by atoms with Gasteiger partial charge in [-0.15, -0.1) is 0 Å². The number of esters is 1. The van der Waals surface area contributed by atoms with Crippen molar-refractivity contribution in [3.8, 4) is 0 Å². The summed E-state index contributed by atoms with van der Waals surface area (Å²) < 4.78 is 18.1. The molecule has 4 nitrogen and oxygen atoms in total. The molecule has 0 amide bonds. The molecule has 88 valence electrons. The Balaban J connectivity index is 2.43. The highest BCUT2D eigenvalue weighted by Crippen LogP contribution is 2.18. The van der Waals surface area contributed by atoms with Gasteiger partial charge in [0.05, 0.1) is 12.2 Å². The summed E-state index contributed by atoms with van der Waals surface area (Å²) in [6.45, 7) is 1.66. The monoisotopic (exact) mass is 235 g/mol. The van der Waals surface area contributed by atoms with E-state index in [0.29, 0.717) is 10.9 Å². The van der Waals surface area contributed by atoms with Gasteiger partial charge in [0.2, 0.25) is 0 Å². The first-order valence-electron chi connectivity index (χ1n) is 5.11. The molecule has 0 spiro atoms. The van der Waals surface area contributed by atoms with Gasteiger partial charge in [0.25, 0.3) is 5.78 Å². The molecule has 0 saturated heterocycles. The molecule has 0 radical (unpaired) electrons. The number of aromatic amines is 1. The van der Waals surface area contributed by atoms with Crippen LogP contribution in [0.15, 0.2) is 24.4 Å². The predicted octanol–water partition coefficient (Wildman–Crippen LogP) is 2.05. The predicted molar refractivity (Wildman–Crippen MR) is 59.2 cm³/mol. The topological polar surface area (TPSA) is 59.2 Å². The van der Waals surface area contributed by atoms with E-state index in [1.165, 1.54) is 12.1 Å². The number of benzene rings is 1.